The molecule has 1 heterocycles. The molecule has 1 fully saturated rings. The third-order valence-corrected chi connectivity index (χ3v) is 2.85. The number of carbonyl (C=O) groups excluding carboxylic acids is 2. The van der Waals surface area contributed by atoms with Crippen LogP contribution in [-0.2, 0) is 9.59 Å². The molecule has 96 valence electrons. The van der Waals surface area contributed by atoms with Crippen LogP contribution in [0, 0.1) is 11.6 Å². The summed E-state index contributed by atoms with van der Waals surface area (Å²) in [6.07, 6.45) is -1.24. The summed E-state index contributed by atoms with van der Waals surface area (Å²) in [6, 6.07) is 3.40. The topological polar surface area (TPSA) is 57.6 Å². The molecule has 0 radical (unpaired) electrons. The predicted octanol–water partition coefficient (Wildman–Crippen LogP) is 1.15. The lowest BCUT2D eigenvalue weighted by molar-refractivity contribution is -0.140. The number of aliphatic hydroxyl groups excluding tert-OH is 1. The Morgan fingerprint density at radius 1 is 1.22 bits per heavy atom. The lowest BCUT2D eigenvalue weighted by atomic mass is 10.1. The van der Waals surface area contributed by atoms with E-state index < -0.39 is 29.6 Å². The molecule has 6 heteroatoms. The van der Waals surface area contributed by atoms with Gasteiger partial charge in [0.05, 0.1) is 12.6 Å². The van der Waals surface area contributed by atoms with E-state index >= 15 is 0 Å². The van der Waals surface area contributed by atoms with Crippen LogP contribution in [0.5, 0.6) is 0 Å². The van der Waals surface area contributed by atoms with Crippen molar-refractivity contribution in [1.82, 2.24) is 4.90 Å². The zero-order valence-electron chi connectivity index (χ0n) is 9.40. The molecule has 0 bridgehead atoms. The van der Waals surface area contributed by atoms with Crippen LogP contribution in [0.15, 0.2) is 18.2 Å². The van der Waals surface area contributed by atoms with Gasteiger partial charge >= 0.3 is 0 Å². The first-order valence-electron chi connectivity index (χ1n) is 5.46. The van der Waals surface area contributed by atoms with Gasteiger partial charge in [-0.3, -0.25) is 14.5 Å². The number of hydrogen-bond donors (Lipinski definition) is 1. The Hall–Kier alpha value is -1.82. The Morgan fingerprint density at radius 2 is 1.83 bits per heavy atom. The van der Waals surface area contributed by atoms with E-state index in [4.69, 9.17) is 0 Å². The molecular formula is C12H11F2NO3. The Morgan fingerprint density at radius 3 is 2.44 bits per heavy atom. The van der Waals surface area contributed by atoms with Gasteiger partial charge in [0.25, 0.3) is 0 Å². The minimum absolute atomic E-state index is 0.0944. The summed E-state index contributed by atoms with van der Waals surface area (Å²) in [6.45, 7) is -0.349. The van der Waals surface area contributed by atoms with Gasteiger partial charge in [0, 0.05) is 18.4 Å². The SMILES string of the molecule is O=C1CCC(=O)N1CC(O)c1cccc(F)c1F. The first kappa shape index (κ1) is 12.6. The largest absolute Gasteiger partial charge is 0.386 e. The third kappa shape index (κ3) is 2.24. The van der Waals surface area contributed by atoms with Crippen molar-refractivity contribution in [3.05, 3.63) is 35.4 Å². The molecule has 1 unspecified atom stereocenters. The average molecular weight is 255 g/mol. The highest BCUT2D eigenvalue weighted by atomic mass is 19.2. The molecule has 0 aliphatic carbocycles. The summed E-state index contributed by atoms with van der Waals surface area (Å²) >= 11 is 0. The van der Waals surface area contributed by atoms with E-state index in [1.165, 1.54) is 12.1 Å². The fourth-order valence-corrected chi connectivity index (χ4v) is 1.88. The Balaban J connectivity index is 2.17. The fourth-order valence-electron chi connectivity index (χ4n) is 1.88. The zero-order chi connectivity index (χ0) is 13.3. The van der Waals surface area contributed by atoms with E-state index in [1.807, 2.05) is 0 Å². The summed E-state index contributed by atoms with van der Waals surface area (Å²) in [5.74, 6) is -3.05. The van der Waals surface area contributed by atoms with Crippen molar-refractivity contribution in [3.63, 3.8) is 0 Å². The van der Waals surface area contributed by atoms with Crippen molar-refractivity contribution in [1.29, 1.82) is 0 Å². The molecule has 1 aromatic rings. The molecule has 1 atom stereocenters. The monoisotopic (exact) mass is 255 g/mol. The normalized spacial score (nSPS) is 17.4. The third-order valence-electron chi connectivity index (χ3n) is 2.85. The van der Waals surface area contributed by atoms with E-state index in [0.717, 1.165) is 11.0 Å². The first-order valence-corrected chi connectivity index (χ1v) is 5.46. The maximum atomic E-state index is 13.4. The number of imide groups is 1. The molecule has 4 nitrogen and oxygen atoms in total. The van der Waals surface area contributed by atoms with Gasteiger partial charge in [0.15, 0.2) is 11.6 Å². The molecule has 1 saturated heterocycles. The maximum Gasteiger partial charge on any atom is 0.229 e. The van der Waals surface area contributed by atoms with Gasteiger partial charge in [0.1, 0.15) is 0 Å². The number of β-amino-alcohol motifs (C(OH)–C–C–N with tert-alkyl or cyclic N) is 1. The standard InChI is InChI=1S/C12H11F2NO3/c13-8-3-1-2-7(12(8)14)9(16)6-15-10(17)4-5-11(15)18/h1-3,9,16H,4-6H2. The highest BCUT2D eigenvalue weighted by Gasteiger charge is 2.31. The number of benzene rings is 1. The molecule has 1 aliphatic heterocycles. The number of halogens is 2. The minimum Gasteiger partial charge on any atom is -0.386 e. The van der Waals surface area contributed by atoms with Gasteiger partial charge in [-0.25, -0.2) is 8.78 Å². The molecule has 1 aromatic carbocycles. The summed E-state index contributed by atoms with van der Waals surface area (Å²) in [5.41, 5.74) is -0.262. The molecule has 2 rings (SSSR count). The number of amides is 2. The number of likely N-dealkylation sites (tertiary alicyclic amines) is 1. The second kappa shape index (κ2) is 4.81. The van der Waals surface area contributed by atoms with Crippen LogP contribution in [0.2, 0.25) is 0 Å². The van der Waals surface area contributed by atoms with Crippen molar-refractivity contribution >= 4 is 11.8 Å². The van der Waals surface area contributed by atoms with Crippen molar-refractivity contribution in [3.8, 4) is 0 Å². The van der Waals surface area contributed by atoms with Crippen molar-refractivity contribution < 1.29 is 23.5 Å². The second-order valence-corrected chi connectivity index (χ2v) is 4.06. The summed E-state index contributed by atoms with van der Waals surface area (Å²) in [4.78, 5) is 23.5. The Kier molecular flexibility index (Phi) is 3.38. The molecule has 2 amide bonds. The lowest BCUT2D eigenvalue weighted by Crippen LogP contribution is -2.33. The van der Waals surface area contributed by atoms with Gasteiger partial charge in [0.2, 0.25) is 11.8 Å². The molecule has 18 heavy (non-hydrogen) atoms. The minimum atomic E-state index is -1.42. The van der Waals surface area contributed by atoms with E-state index in [9.17, 15) is 23.5 Å². The Labute approximate surface area is 102 Å². The first-order chi connectivity index (χ1) is 8.50. The van der Waals surface area contributed by atoms with E-state index in [1.54, 1.807) is 0 Å². The van der Waals surface area contributed by atoms with E-state index in [0.29, 0.717) is 0 Å². The molecule has 0 aromatic heterocycles. The van der Waals surface area contributed by atoms with Crippen LogP contribution in [0.4, 0.5) is 8.78 Å². The zero-order valence-corrected chi connectivity index (χ0v) is 9.40. The number of carbonyl (C=O) groups is 2. The summed E-state index contributed by atoms with van der Waals surface area (Å²) < 4.78 is 26.4. The summed E-state index contributed by atoms with van der Waals surface area (Å²) in [7, 11) is 0. The van der Waals surface area contributed by atoms with Crippen LogP contribution in [-0.4, -0.2) is 28.4 Å². The van der Waals surface area contributed by atoms with Crippen LogP contribution in [0.3, 0.4) is 0 Å². The van der Waals surface area contributed by atoms with Crippen LogP contribution < -0.4 is 0 Å². The number of hydrogen-bond acceptors (Lipinski definition) is 3. The van der Waals surface area contributed by atoms with Gasteiger partial charge in [-0.2, -0.15) is 0 Å². The molecule has 0 spiro atoms. The molecule has 0 saturated carbocycles. The number of nitrogens with zero attached hydrogens (tertiary/aromatic N) is 1. The highest BCUT2D eigenvalue weighted by Crippen LogP contribution is 2.22. The second-order valence-electron chi connectivity index (χ2n) is 4.06. The number of aliphatic hydroxyl groups is 1. The van der Waals surface area contributed by atoms with Gasteiger partial charge in [-0.1, -0.05) is 12.1 Å². The fraction of sp³-hybridized carbons (Fsp3) is 0.333. The number of rotatable bonds is 3. The van der Waals surface area contributed by atoms with Gasteiger partial charge < -0.3 is 5.11 Å². The molecular weight excluding hydrogens is 244 g/mol. The van der Waals surface area contributed by atoms with Gasteiger partial charge in [-0.15, -0.1) is 0 Å². The molecule has 1 aliphatic rings. The average Bonchev–Trinajstić information content (AvgIpc) is 2.64. The lowest BCUT2D eigenvalue weighted by Gasteiger charge is -2.19. The highest BCUT2D eigenvalue weighted by molar-refractivity contribution is 6.01. The van der Waals surface area contributed by atoms with Gasteiger partial charge in [-0.05, 0) is 6.07 Å². The van der Waals surface area contributed by atoms with Crippen LogP contribution >= 0.6 is 0 Å². The summed E-state index contributed by atoms with van der Waals surface area (Å²) in [5, 5.41) is 9.77. The van der Waals surface area contributed by atoms with Crippen LogP contribution in [0.1, 0.15) is 24.5 Å². The van der Waals surface area contributed by atoms with Crippen molar-refractivity contribution in [2.45, 2.75) is 18.9 Å². The van der Waals surface area contributed by atoms with E-state index in [2.05, 4.69) is 0 Å². The van der Waals surface area contributed by atoms with Crippen LogP contribution in [0.25, 0.3) is 0 Å². The maximum absolute atomic E-state index is 13.4. The van der Waals surface area contributed by atoms with E-state index in [-0.39, 0.29) is 24.9 Å². The smallest absolute Gasteiger partial charge is 0.229 e. The molecule has 1 N–H and O–H groups in total. The van der Waals surface area contributed by atoms with Crippen molar-refractivity contribution in [2.75, 3.05) is 6.54 Å². The van der Waals surface area contributed by atoms with Crippen molar-refractivity contribution in [2.24, 2.45) is 0 Å². The predicted molar refractivity (Wildman–Crippen MR) is 57.3 cm³/mol. The Bertz CT molecular complexity index is 488. The quantitative estimate of drug-likeness (QED) is 0.824.